The van der Waals surface area contributed by atoms with Crippen LogP contribution < -0.4 is 8.61 Å². The highest BCUT2D eigenvalue weighted by molar-refractivity contribution is 7.81. The molecule has 50 heavy (non-hydrogen) atoms. The van der Waals surface area contributed by atoms with Gasteiger partial charge in [-0.05, 0) is 47.5 Å². The van der Waals surface area contributed by atoms with Gasteiger partial charge in [-0.2, -0.15) is 52.7 Å². The molecule has 0 amide bonds. The fourth-order valence-corrected chi connectivity index (χ4v) is 6.45. The molecule has 0 saturated heterocycles. The van der Waals surface area contributed by atoms with Gasteiger partial charge in [0.25, 0.3) is 22.5 Å². The van der Waals surface area contributed by atoms with Crippen LogP contribution in [-0.4, -0.2) is 17.5 Å². The zero-order valence-corrected chi connectivity index (χ0v) is 26.0. The van der Waals surface area contributed by atoms with Crippen molar-refractivity contribution in [3.05, 3.63) is 130 Å². The van der Waals surface area contributed by atoms with Gasteiger partial charge in [0.1, 0.15) is 0 Å². The summed E-state index contributed by atoms with van der Waals surface area (Å²) in [5, 5.41) is 0. The van der Waals surface area contributed by atoms with Gasteiger partial charge in [-0.3, -0.25) is 17.7 Å². The summed E-state index contributed by atoms with van der Waals surface area (Å²) in [7, 11) is 0. The molecule has 0 aliphatic heterocycles. The molecule has 4 unspecified atom stereocenters. The minimum absolute atomic E-state index is 0.0631. The lowest BCUT2D eigenvalue weighted by Crippen LogP contribution is -2.43. The molecule has 4 rings (SSSR count). The Bertz CT molecular complexity index is 1650. The second-order valence-corrected chi connectivity index (χ2v) is 12.1. The number of alkyl halides is 12. The monoisotopic (exact) mass is 764 g/mol. The predicted octanol–water partition coefficient (Wildman–Crippen LogP) is 9.83. The van der Waals surface area contributed by atoms with Gasteiger partial charge < -0.3 is 0 Å². The fraction of sp³-hybridized carbons (Fsp3) is 0.200. The van der Waals surface area contributed by atoms with E-state index in [-0.39, 0.29) is 56.1 Å². The number of nitrogens with zero attached hydrogens (tertiary/aromatic N) is 2. The molecular weight excluding hydrogens is 744 g/mol. The van der Waals surface area contributed by atoms with Crippen LogP contribution in [-0.2, 0) is 47.2 Å². The third kappa shape index (κ3) is 8.77. The third-order valence-corrected chi connectivity index (χ3v) is 8.63. The van der Waals surface area contributed by atoms with Crippen molar-refractivity contribution in [3.63, 3.8) is 0 Å². The van der Waals surface area contributed by atoms with Gasteiger partial charge in [0.05, 0.1) is 45.7 Å². The maximum Gasteiger partial charge on any atom is 0.416 e. The number of hydrogen-bond acceptors (Lipinski definition) is 2. The van der Waals surface area contributed by atoms with Crippen molar-refractivity contribution >= 4 is 33.9 Å². The summed E-state index contributed by atoms with van der Waals surface area (Å²) in [5.74, 6) is 0. The Morgan fingerprint density at radius 3 is 0.880 bits per heavy atom. The van der Waals surface area contributed by atoms with Gasteiger partial charge in [0.2, 0.25) is 0 Å². The Morgan fingerprint density at radius 1 is 0.440 bits per heavy atom. The van der Waals surface area contributed by atoms with Crippen molar-refractivity contribution in [2.45, 2.75) is 36.8 Å². The molecule has 0 bridgehead atoms. The first kappa shape index (κ1) is 38.7. The second kappa shape index (κ2) is 14.2. The smallest absolute Gasteiger partial charge is 0.289 e. The van der Waals surface area contributed by atoms with E-state index in [2.05, 4.69) is 0 Å². The fourth-order valence-electron chi connectivity index (χ4n) is 5.02. The lowest BCUT2D eigenvalue weighted by atomic mass is 9.92. The number of halogens is 12. The highest BCUT2D eigenvalue weighted by Crippen LogP contribution is 2.48. The van der Waals surface area contributed by atoms with E-state index in [9.17, 15) is 70.2 Å². The van der Waals surface area contributed by atoms with Crippen molar-refractivity contribution in [1.82, 2.24) is 0 Å². The predicted molar refractivity (Wildman–Crippen MR) is 158 cm³/mol. The van der Waals surface area contributed by atoms with Crippen molar-refractivity contribution in [2.24, 2.45) is 0 Å². The van der Waals surface area contributed by atoms with Crippen LogP contribution in [0.1, 0.15) is 45.5 Å². The molecule has 20 heteroatoms. The van der Waals surface area contributed by atoms with Crippen LogP contribution in [0.15, 0.2) is 97.1 Å². The van der Waals surface area contributed by atoms with Gasteiger partial charge in [-0.1, -0.05) is 60.7 Å². The maximum absolute atomic E-state index is 13.9. The molecule has 0 fully saturated rings. The van der Waals surface area contributed by atoms with E-state index in [1.807, 2.05) is 0 Å². The summed E-state index contributed by atoms with van der Waals surface area (Å²) in [6.45, 7) is 0. The molecule has 4 aromatic carbocycles. The molecule has 0 aliphatic carbocycles. The first-order valence-electron chi connectivity index (χ1n) is 13.5. The molecule has 4 aromatic rings. The molecule has 2 N–H and O–H groups in total. The van der Waals surface area contributed by atoms with Crippen LogP contribution in [0.2, 0.25) is 0 Å². The van der Waals surface area contributed by atoms with Crippen LogP contribution in [0.3, 0.4) is 0 Å². The largest absolute Gasteiger partial charge is 0.416 e. The highest BCUT2D eigenvalue weighted by Gasteiger charge is 2.44. The summed E-state index contributed by atoms with van der Waals surface area (Å²) in [6.07, 6.45) is -21.9. The van der Waals surface area contributed by atoms with Crippen LogP contribution in [0, 0.1) is 0 Å². The lowest BCUT2D eigenvalue weighted by Gasteiger charge is -2.41. The zero-order chi connectivity index (χ0) is 37.4. The molecular formula is C30H20F12N2O4S2. The summed E-state index contributed by atoms with van der Waals surface area (Å²) in [5.41, 5.74) is -10.8. The van der Waals surface area contributed by atoms with Gasteiger partial charge in [-0.15, -0.1) is 0 Å². The zero-order valence-electron chi connectivity index (χ0n) is 24.3. The van der Waals surface area contributed by atoms with E-state index in [0.29, 0.717) is 0 Å². The Hall–Kier alpha value is -4.14. The number of anilines is 2. The average molecular weight is 765 g/mol. The average Bonchev–Trinajstić information content (AvgIpc) is 3.01. The maximum atomic E-state index is 13.9. The van der Waals surface area contributed by atoms with Gasteiger partial charge in [0, 0.05) is 0 Å². The van der Waals surface area contributed by atoms with Crippen molar-refractivity contribution in [1.29, 1.82) is 0 Å². The van der Waals surface area contributed by atoms with E-state index < -0.39 is 93.0 Å². The molecule has 0 saturated carbocycles. The van der Waals surface area contributed by atoms with Crippen LogP contribution in [0.5, 0.6) is 0 Å². The SMILES string of the molecule is O=S(O)N(c1cc(C(F)(F)F)cc(C(F)(F)F)c1)C(c1ccccc1)C(c1ccccc1)N(c1cc(C(F)(F)F)cc(C(F)(F)F)c1)S(=O)O. The standard InChI is InChI=1S/C30H20F12N2O4S2/c31-27(32,33)19-11-20(28(34,35)36)14-23(13-19)43(49(45)46)25(17-7-3-1-4-8-17)26(18-9-5-2-6-10-18)44(50(47)48)24-15-21(29(37,38)39)12-22(16-24)30(40,41)42/h1-16,25-26H,(H,45,46)(H,47,48). The Morgan fingerprint density at radius 2 is 0.680 bits per heavy atom. The lowest BCUT2D eigenvalue weighted by molar-refractivity contribution is -0.144. The first-order valence-corrected chi connectivity index (χ1v) is 15.6. The Balaban J connectivity index is 2.17. The van der Waals surface area contributed by atoms with Crippen molar-refractivity contribution in [3.8, 4) is 0 Å². The second-order valence-electron chi connectivity index (χ2n) is 10.4. The summed E-state index contributed by atoms with van der Waals surface area (Å²) < 4.78 is 214. The highest BCUT2D eigenvalue weighted by atomic mass is 32.2. The van der Waals surface area contributed by atoms with Crippen molar-refractivity contribution in [2.75, 3.05) is 8.61 Å². The molecule has 0 heterocycles. The number of rotatable bonds is 9. The summed E-state index contributed by atoms with van der Waals surface area (Å²) >= 11 is -7.28. The topological polar surface area (TPSA) is 81.1 Å². The van der Waals surface area contributed by atoms with Gasteiger partial charge >= 0.3 is 24.7 Å². The molecule has 6 nitrogen and oxygen atoms in total. The van der Waals surface area contributed by atoms with E-state index >= 15 is 0 Å². The minimum atomic E-state index is -5.47. The molecule has 0 spiro atoms. The molecule has 270 valence electrons. The van der Waals surface area contributed by atoms with E-state index in [1.54, 1.807) is 0 Å². The first-order chi connectivity index (χ1) is 23.0. The summed E-state index contributed by atoms with van der Waals surface area (Å²) in [6, 6.07) is 7.43. The van der Waals surface area contributed by atoms with E-state index in [0.717, 1.165) is 24.3 Å². The van der Waals surface area contributed by atoms with E-state index in [1.165, 1.54) is 36.4 Å². The molecule has 0 radical (unpaired) electrons. The quantitative estimate of drug-likeness (QED) is 0.131. The van der Waals surface area contributed by atoms with Crippen LogP contribution >= 0.6 is 0 Å². The van der Waals surface area contributed by atoms with Crippen LogP contribution in [0.25, 0.3) is 0 Å². The van der Waals surface area contributed by atoms with Crippen LogP contribution in [0.4, 0.5) is 64.1 Å². The molecule has 0 aromatic heterocycles. The number of benzene rings is 4. The molecule has 4 atom stereocenters. The third-order valence-electron chi connectivity index (χ3n) is 7.08. The Labute approximate surface area is 279 Å². The van der Waals surface area contributed by atoms with Gasteiger partial charge in [-0.25, -0.2) is 8.42 Å². The molecule has 0 aliphatic rings. The van der Waals surface area contributed by atoms with E-state index in [4.69, 9.17) is 0 Å². The van der Waals surface area contributed by atoms with Crippen molar-refractivity contribution < 1.29 is 70.2 Å². The number of hydrogen-bond donors (Lipinski definition) is 2. The summed E-state index contributed by atoms with van der Waals surface area (Å²) in [4.78, 5) is 0. The van der Waals surface area contributed by atoms with Gasteiger partial charge in [0.15, 0.2) is 0 Å². The normalized spacial score (nSPS) is 15.2. The Kier molecular flexibility index (Phi) is 11.0. The minimum Gasteiger partial charge on any atom is -0.289 e.